The number of amides is 1. The molecule has 1 amide bonds. The van der Waals surface area contributed by atoms with Crippen molar-refractivity contribution in [2.75, 3.05) is 6.54 Å². The molecule has 0 aliphatic carbocycles. The number of para-hydroxylation sites is 1. The molecule has 1 aromatic carbocycles. The second kappa shape index (κ2) is 5.60. The van der Waals surface area contributed by atoms with Crippen molar-refractivity contribution in [2.45, 2.75) is 0 Å². The molecular formula is C14H11N5O3. The van der Waals surface area contributed by atoms with Crippen molar-refractivity contribution >= 4 is 23.0 Å². The van der Waals surface area contributed by atoms with Gasteiger partial charge >= 0.3 is 5.97 Å². The van der Waals surface area contributed by atoms with E-state index in [0.29, 0.717) is 11.2 Å². The van der Waals surface area contributed by atoms with Crippen LogP contribution in [0.5, 0.6) is 0 Å². The summed E-state index contributed by atoms with van der Waals surface area (Å²) in [5, 5.41) is 10.9. The van der Waals surface area contributed by atoms with E-state index in [-0.39, 0.29) is 5.69 Å². The van der Waals surface area contributed by atoms with E-state index in [1.807, 2.05) is 30.3 Å². The Bertz CT molecular complexity index is 844. The van der Waals surface area contributed by atoms with E-state index >= 15 is 0 Å². The third-order valence-corrected chi connectivity index (χ3v) is 2.98. The lowest BCUT2D eigenvalue weighted by atomic mass is 10.3. The summed E-state index contributed by atoms with van der Waals surface area (Å²) in [6, 6.07) is 9.41. The summed E-state index contributed by atoms with van der Waals surface area (Å²) < 4.78 is 1.73. The van der Waals surface area contributed by atoms with Crippen molar-refractivity contribution in [1.82, 2.24) is 24.8 Å². The summed E-state index contributed by atoms with van der Waals surface area (Å²) in [5.74, 6) is -1.73. The van der Waals surface area contributed by atoms with E-state index in [2.05, 4.69) is 20.3 Å². The predicted molar refractivity (Wildman–Crippen MR) is 76.6 cm³/mol. The van der Waals surface area contributed by atoms with Crippen molar-refractivity contribution in [3.8, 4) is 5.69 Å². The van der Waals surface area contributed by atoms with Crippen LogP contribution in [0, 0.1) is 0 Å². The van der Waals surface area contributed by atoms with E-state index in [4.69, 9.17) is 5.11 Å². The molecule has 3 rings (SSSR count). The smallest absolute Gasteiger partial charge is 0.322 e. The van der Waals surface area contributed by atoms with Gasteiger partial charge in [-0.1, -0.05) is 18.2 Å². The first kappa shape index (κ1) is 13.7. The first-order valence-corrected chi connectivity index (χ1v) is 6.40. The largest absolute Gasteiger partial charge is 0.480 e. The SMILES string of the molecule is O=C(O)CNC(=O)c1ncnc2c1ncn2-c1ccccc1. The molecule has 2 aromatic heterocycles. The molecule has 8 nitrogen and oxygen atoms in total. The molecular weight excluding hydrogens is 286 g/mol. The zero-order chi connectivity index (χ0) is 15.5. The van der Waals surface area contributed by atoms with E-state index < -0.39 is 18.4 Å². The predicted octanol–water partition coefficient (Wildman–Crippen LogP) is 0.630. The first-order valence-electron chi connectivity index (χ1n) is 6.40. The molecule has 0 saturated carbocycles. The number of aliphatic carboxylic acids is 1. The van der Waals surface area contributed by atoms with Gasteiger partial charge < -0.3 is 10.4 Å². The highest BCUT2D eigenvalue weighted by Crippen LogP contribution is 2.17. The minimum Gasteiger partial charge on any atom is -0.480 e. The minimum absolute atomic E-state index is 0.0425. The summed E-state index contributed by atoms with van der Waals surface area (Å²) in [6.07, 6.45) is 2.79. The Labute approximate surface area is 124 Å². The van der Waals surface area contributed by atoms with Gasteiger partial charge in [0.1, 0.15) is 24.7 Å². The van der Waals surface area contributed by atoms with Crippen LogP contribution in [0.2, 0.25) is 0 Å². The number of nitrogens with zero attached hydrogens (tertiary/aromatic N) is 4. The average Bonchev–Trinajstić information content (AvgIpc) is 2.97. The number of hydrogen-bond donors (Lipinski definition) is 2. The molecule has 0 aliphatic rings. The second-order valence-electron chi connectivity index (χ2n) is 4.42. The Kier molecular flexibility index (Phi) is 3.48. The zero-order valence-corrected chi connectivity index (χ0v) is 11.3. The van der Waals surface area contributed by atoms with Gasteiger partial charge in [0.05, 0.1) is 0 Å². The van der Waals surface area contributed by atoms with Crippen molar-refractivity contribution in [2.24, 2.45) is 0 Å². The van der Waals surface area contributed by atoms with Crippen LogP contribution >= 0.6 is 0 Å². The lowest BCUT2D eigenvalue weighted by molar-refractivity contribution is -0.135. The lowest BCUT2D eigenvalue weighted by Crippen LogP contribution is -2.30. The number of nitrogens with one attached hydrogen (secondary N) is 1. The minimum atomic E-state index is -1.13. The number of rotatable bonds is 4. The number of imidazole rings is 1. The summed E-state index contributed by atoms with van der Waals surface area (Å²) in [4.78, 5) is 34.7. The van der Waals surface area contributed by atoms with Crippen LogP contribution in [0.4, 0.5) is 0 Å². The van der Waals surface area contributed by atoms with Crippen LogP contribution in [0.3, 0.4) is 0 Å². The Morgan fingerprint density at radius 3 is 2.64 bits per heavy atom. The van der Waals surface area contributed by atoms with E-state index in [1.54, 1.807) is 10.9 Å². The van der Waals surface area contributed by atoms with Crippen LogP contribution in [0.25, 0.3) is 16.9 Å². The Morgan fingerprint density at radius 2 is 1.91 bits per heavy atom. The standard InChI is InChI=1S/C14H11N5O3/c20-10(21)6-15-14(22)12-11-13(17-7-16-12)19(8-18-11)9-4-2-1-3-5-9/h1-5,7-8H,6H2,(H,15,22)(H,20,21). The van der Waals surface area contributed by atoms with Gasteiger partial charge in [-0.25, -0.2) is 15.0 Å². The van der Waals surface area contributed by atoms with E-state index in [0.717, 1.165) is 5.69 Å². The van der Waals surface area contributed by atoms with Crippen LogP contribution in [-0.2, 0) is 4.79 Å². The number of carbonyl (C=O) groups is 2. The maximum atomic E-state index is 12.0. The van der Waals surface area contributed by atoms with Crippen molar-refractivity contribution in [3.05, 3.63) is 48.7 Å². The molecule has 0 spiro atoms. The highest BCUT2D eigenvalue weighted by molar-refractivity contribution is 6.03. The fraction of sp³-hybridized carbons (Fsp3) is 0.0714. The highest BCUT2D eigenvalue weighted by atomic mass is 16.4. The topological polar surface area (TPSA) is 110 Å². The molecule has 22 heavy (non-hydrogen) atoms. The third kappa shape index (κ3) is 2.49. The molecule has 110 valence electrons. The summed E-state index contributed by atoms with van der Waals surface area (Å²) >= 11 is 0. The number of fused-ring (bicyclic) bond motifs is 1. The molecule has 0 bridgehead atoms. The normalized spacial score (nSPS) is 10.5. The van der Waals surface area contributed by atoms with Crippen molar-refractivity contribution in [1.29, 1.82) is 0 Å². The quantitative estimate of drug-likeness (QED) is 0.731. The molecule has 2 heterocycles. The lowest BCUT2D eigenvalue weighted by Gasteiger charge is -2.04. The van der Waals surface area contributed by atoms with Crippen LogP contribution in [-0.4, -0.2) is 43.0 Å². The Balaban J connectivity index is 2.02. The van der Waals surface area contributed by atoms with Gasteiger partial charge in [0.15, 0.2) is 11.3 Å². The molecule has 8 heteroatoms. The monoisotopic (exact) mass is 297 g/mol. The Morgan fingerprint density at radius 1 is 1.14 bits per heavy atom. The average molecular weight is 297 g/mol. The molecule has 2 N–H and O–H groups in total. The van der Waals surface area contributed by atoms with Gasteiger partial charge in [0.2, 0.25) is 0 Å². The van der Waals surface area contributed by atoms with Crippen LogP contribution < -0.4 is 5.32 Å². The number of aromatic nitrogens is 4. The fourth-order valence-corrected chi connectivity index (χ4v) is 2.02. The highest BCUT2D eigenvalue weighted by Gasteiger charge is 2.17. The van der Waals surface area contributed by atoms with E-state index in [9.17, 15) is 9.59 Å². The van der Waals surface area contributed by atoms with Crippen molar-refractivity contribution < 1.29 is 14.7 Å². The van der Waals surface area contributed by atoms with Crippen LogP contribution in [0.15, 0.2) is 43.0 Å². The van der Waals surface area contributed by atoms with Gasteiger partial charge in [-0.2, -0.15) is 0 Å². The molecule has 0 aliphatic heterocycles. The molecule has 3 aromatic rings. The molecule has 0 saturated heterocycles. The zero-order valence-electron chi connectivity index (χ0n) is 11.3. The number of carboxylic acids is 1. The number of carbonyl (C=O) groups excluding carboxylic acids is 1. The number of benzene rings is 1. The fourth-order valence-electron chi connectivity index (χ4n) is 2.02. The van der Waals surface area contributed by atoms with Gasteiger partial charge in [0.25, 0.3) is 5.91 Å². The van der Waals surface area contributed by atoms with Gasteiger partial charge in [-0.05, 0) is 12.1 Å². The molecule has 0 unspecified atom stereocenters. The summed E-state index contributed by atoms with van der Waals surface area (Å²) in [7, 11) is 0. The van der Waals surface area contributed by atoms with Gasteiger partial charge in [-0.15, -0.1) is 0 Å². The van der Waals surface area contributed by atoms with Gasteiger partial charge in [0, 0.05) is 5.69 Å². The number of carboxylic acid groups (broad SMARTS) is 1. The third-order valence-electron chi connectivity index (χ3n) is 2.98. The maximum Gasteiger partial charge on any atom is 0.322 e. The molecule has 0 fully saturated rings. The number of hydrogen-bond acceptors (Lipinski definition) is 5. The van der Waals surface area contributed by atoms with Gasteiger partial charge in [-0.3, -0.25) is 14.2 Å². The summed E-state index contributed by atoms with van der Waals surface area (Å²) in [5.41, 5.74) is 1.68. The second-order valence-corrected chi connectivity index (χ2v) is 4.42. The van der Waals surface area contributed by atoms with E-state index in [1.165, 1.54) is 6.33 Å². The van der Waals surface area contributed by atoms with Crippen molar-refractivity contribution in [3.63, 3.8) is 0 Å². The summed E-state index contributed by atoms with van der Waals surface area (Å²) in [6.45, 7) is -0.482. The molecule has 0 atom stereocenters. The Hall–Kier alpha value is -3.29. The maximum absolute atomic E-state index is 12.0. The van der Waals surface area contributed by atoms with Crippen LogP contribution in [0.1, 0.15) is 10.5 Å². The first-order chi connectivity index (χ1) is 10.7. The molecule has 0 radical (unpaired) electrons.